The first-order valence-corrected chi connectivity index (χ1v) is 11.6. The van der Waals surface area contributed by atoms with Gasteiger partial charge in [-0.1, -0.05) is 18.9 Å². The van der Waals surface area contributed by atoms with Gasteiger partial charge in [0.1, 0.15) is 17.6 Å². The zero-order chi connectivity index (χ0) is 21.1. The van der Waals surface area contributed by atoms with Crippen LogP contribution in [0.1, 0.15) is 69.8 Å². The molecule has 0 spiro atoms. The molecule has 0 aromatic heterocycles. The summed E-state index contributed by atoms with van der Waals surface area (Å²) in [5, 5.41) is 8.86. The first kappa shape index (κ1) is 21.1. The lowest BCUT2D eigenvalue weighted by Crippen LogP contribution is -2.40. The molecule has 0 saturated heterocycles. The molecule has 30 heavy (non-hydrogen) atoms. The number of esters is 1. The Morgan fingerprint density at radius 2 is 1.83 bits per heavy atom. The number of fused-ring (bicyclic) bond motifs is 1. The molecule has 160 valence electrons. The number of hydrogen-bond acceptors (Lipinski definition) is 3. The van der Waals surface area contributed by atoms with E-state index in [9.17, 15) is 9.18 Å². The summed E-state index contributed by atoms with van der Waals surface area (Å²) in [5.41, 5.74) is -0.0343. The Morgan fingerprint density at radius 1 is 1.07 bits per heavy atom. The quantitative estimate of drug-likeness (QED) is 0.327. The average molecular weight is 410 g/mol. The van der Waals surface area contributed by atoms with Crippen LogP contribution in [0.2, 0.25) is 0 Å². The third-order valence-electron chi connectivity index (χ3n) is 8.09. The van der Waals surface area contributed by atoms with Crippen molar-refractivity contribution in [3.63, 3.8) is 0 Å². The number of hydrogen-bond donors (Lipinski definition) is 0. The molecule has 4 atom stereocenters. The number of halogens is 1. The van der Waals surface area contributed by atoms with Crippen molar-refractivity contribution >= 4 is 5.97 Å². The van der Waals surface area contributed by atoms with Gasteiger partial charge in [-0.15, -0.1) is 6.58 Å². The van der Waals surface area contributed by atoms with Crippen LogP contribution in [0.15, 0.2) is 30.9 Å². The van der Waals surface area contributed by atoms with E-state index >= 15 is 0 Å². The van der Waals surface area contributed by atoms with Gasteiger partial charge in [0, 0.05) is 6.07 Å². The summed E-state index contributed by atoms with van der Waals surface area (Å²) in [6.07, 6.45) is 14.1. The molecule has 0 amide bonds. The van der Waals surface area contributed by atoms with Crippen LogP contribution >= 0.6 is 0 Å². The van der Waals surface area contributed by atoms with Crippen molar-refractivity contribution in [1.29, 1.82) is 5.26 Å². The van der Waals surface area contributed by atoms with E-state index in [0.717, 1.165) is 37.2 Å². The number of carbonyl (C=O) groups is 1. The molecule has 0 heterocycles. The molecular weight excluding hydrogens is 377 g/mol. The van der Waals surface area contributed by atoms with E-state index in [1.165, 1.54) is 57.1 Å². The van der Waals surface area contributed by atoms with Crippen LogP contribution in [-0.4, -0.2) is 5.97 Å². The van der Waals surface area contributed by atoms with Crippen molar-refractivity contribution in [2.75, 3.05) is 0 Å². The zero-order valence-corrected chi connectivity index (χ0v) is 17.7. The van der Waals surface area contributed by atoms with Gasteiger partial charge in [-0.3, -0.25) is 4.79 Å². The molecule has 0 bridgehead atoms. The van der Waals surface area contributed by atoms with Gasteiger partial charge in [-0.2, -0.15) is 5.26 Å². The molecule has 1 aromatic carbocycles. The van der Waals surface area contributed by atoms with Crippen molar-refractivity contribution in [3.05, 3.63) is 42.2 Å². The molecule has 0 aliphatic heterocycles. The Kier molecular flexibility index (Phi) is 6.56. The van der Waals surface area contributed by atoms with Gasteiger partial charge in [0.25, 0.3) is 0 Å². The minimum atomic E-state index is -0.643. The lowest BCUT2D eigenvalue weighted by Gasteiger charge is -2.45. The maximum Gasteiger partial charge on any atom is 0.314 e. The Morgan fingerprint density at radius 3 is 2.53 bits per heavy atom. The fourth-order valence-corrected chi connectivity index (χ4v) is 6.41. The second kappa shape index (κ2) is 9.33. The van der Waals surface area contributed by atoms with Crippen molar-refractivity contribution in [2.24, 2.45) is 35.5 Å². The largest absolute Gasteiger partial charge is 0.426 e. The molecular formula is C26H32FNO2. The molecule has 3 fully saturated rings. The van der Waals surface area contributed by atoms with E-state index in [0.29, 0.717) is 17.8 Å². The van der Waals surface area contributed by atoms with Crippen LogP contribution in [0.4, 0.5) is 4.39 Å². The first-order valence-electron chi connectivity index (χ1n) is 11.6. The highest BCUT2D eigenvalue weighted by Crippen LogP contribution is 2.50. The monoisotopic (exact) mass is 409 g/mol. The molecule has 4 heteroatoms. The summed E-state index contributed by atoms with van der Waals surface area (Å²) in [4.78, 5) is 12.9. The summed E-state index contributed by atoms with van der Waals surface area (Å²) in [5.74, 6) is 2.62. The highest BCUT2D eigenvalue weighted by Gasteiger charge is 2.43. The predicted molar refractivity (Wildman–Crippen MR) is 114 cm³/mol. The summed E-state index contributed by atoms with van der Waals surface area (Å²) in [7, 11) is 0. The average Bonchev–Trinajstić information content (AvgIpc) is 2.78. The van der Waals surface area contributed by atoms with E-state index < -0.39 is 5.82 Å². The molecule has 0 N–H and O–H groups in total. The number of nitrogens with zero attached hydrogens (tertiary/aromatic N) is 1. The number of ether oxygens (including phenoxy) is 1. The molecule has 1 aromatic rings. The van der Waals surface area contributed by atoms with Gasteiger partial charge in [-0.25, -0.2) is 4.39 Å². The molecule has 3 nitrogen and oxygen atoms in total. The van der Waals surface area contributed by atoms with E-state index in [2.05, 4.69) is 12.7 Å². The maximum atomic E-state index is 13.9. The van der Waals surface area contributed by atoms with Crippen molar-refractivity contribution in [2.45, 2.75) is 64.2 Å². The minimum Gasteiger partial charge on any atom is -0.426 e. The van der Waals surface area contributed by atoms with Crippen LogP contribution in [0.3, 0.4) is 0 Å². The number of allylic oxidation sites excluding steroid dienone is 1. The molecule has 4 unspecified atom stereocenters. The molecule has 3 aliphatic rings. The SMILES string of the molecule is C=CC1CCC(C2CCC3C(CCCC3C(=O)Oc3ccc(C#N)c(F)c3)C2)CC1. The van der Waals surface area contributed by atoms with Gasteiger partial charge in [-0.05, 0) is 93.1 Å². The third-order valence-corrected chi connectivity index (χ3v) is 8.09. The van der Waals surface area contributed by atoms with Gasteiger partial charge < -0.3 is 4.74 Å². The predicted octanol–water partition coefficient (Wildman–Crippen LogP) is 6.43. The first-order chi connectivity index (χ1) is 14.6. The lowest BCUT2D eigenvalue weighted by molar-refractivity contribution is -0.144. The van der Waals surface area contributed by atoms with Crippen LogP contribution in [-0.2, 0) is 4.79 Å². The normalized spacial score (nSPS) is 33.7. The summed E-state index contributed by atoms with van der Waals surface area (Å²) >= 11 is 0. The second-order valence-electron chi connectivity index (χ2n) is 9.62. The van der Waals surface area contributed by atoms with Gasteiger partial charge >= 0.3 is 5.97 Å². The lowest BCUT2D eigenvalue weighted by atomic mass is 9.59. The number of nitriles is 1. The Hall–Kier alpha value is -2.15. The third kappa shape index (κ3) is 4.46. The van der Waals surface area contributed by atoms with Crippen molar-refractivity contribution in [3.8, 4) is 11.8 Å². The van der Waals surface area contributed by atoms with E-state index in [4.69, 9.17) is 10.00 Å². The molecule has 3 saturated carbocycles. The molecule has 0 radical (unpaired) electrons. The fraction of sp³-hybridized carbons (Fsp3) is 0.615. The minimum absolute atomic E-state index is 0.0343. The Balaban J connectivity index is 1.36. The molecule has 3 aliphatic carbocycles. The number of carbonyl (C=O) groups excluding carboxylic acids is 1. The van der Waals surface area contributed by atoms with Crippen LogP contribution in [0.5, 0.6) is 5.75 Å². The van der Waals surface area contributed by atoms with Crippen molar-refractivity contribution < 1.29 is 13.9 Å². The highest BCUT2D eigenvalue weighted by molar-refractivity contribution is 5.75. The topological polar surface area (TPSA) is 50.1 Å². The van der Waals surface area contributed by atoms with Crippen LogP contribution in [0.25, 0.3) is 0 Å². The van der Waals surface area contributed by atoms with E-state index in [-0.39, 0.29) is 23.2 Å². The molecule has 4 rings (SSSR count). The summed E-state index contributed by atoms with van der Waals surface area (Å²) < 4.78 is 19.4. The fourth-order valence-electron chi connectivity index (χ4n) is 6.41. The number of rotatable bonds is 4. The van der Waals surface area contributed by atoms with Crippen LogP contribution in [0, 0.1) is 52.7 Å². The summed E-state index contributed by atoms with van der Waals surface area (Å²) in [6, 6.07) is 5.82. The Bertz CT molecular complexity index is 821. The Labute approximate surface area is 179 Å². The van der Waals surface area contributed by atoms with E-state index in [1.54, 1.807) is 6.07 Å². The zero-order valence-electron chi connectivity index (χ0n) is 17.7. The van der Waals surface area contributed by atoms with Gasteiger partial charge in [0.2, 0.25) is 0 Å². The van der Waals surface area contributed by atoms with E-state index in [1.807, 2.05) is 0 Å². The number of benzene rings is 1. The maximum absolute atomic E-state index is 13.9. The van der Waals surface area contributed by atoms with Gasteiger partial charge in [0.15, 0.2) is 0 Å². The second-order valence-corrected chi connectivity index (χ2v) is 9.62. The highest BCUT2D eigenvalue weighted by atomic mass is 19.1. The van der Waals surface area contributed by atoms with Crippen LogP contribution < -0.4 is 4.74 Å². The summed E-state index contributed by atoms with van der Waals surface area (Å²) in [6.45, 7) is 3.97. The van der Waals surface area contributed by atoms with Gasteiger partial charge in [0.05, 0.1) is 11.5 Å². The van der Waals surface area contributed by atoms with Crippen molar-refractivity contribution in [1.82, 2.24) is 0 Å². The smallest absolute Gasteiger partial charge is 0.314 e. The standard InChI is InChI=1S/C26H32FNO2/c1-2-17-6-8-18(9-7-17)19-11-13-23-20(14-19)4-3-5-24(23)26(29)30-22-12-10-21(16-28)25(27)15-22/h2,10,12,15,17-20,23-24H,1,3-9,11,13-14H2.